The molecule has 15 heteroatoms. The molecule has 5 rings (SSSR count). The molecule has 58 heavy (non-hydrogen) atoms. The minimum atomic E-state index is -1.26. The summed E-state index contributed by atoms with van der Waals surface area (Å²) in [7, 11) is 3.79. The van der Waals surface area contributed by atoms with Crippen molar-refractivity contribution in [2.75, 3.05) is 40.5 Å². The Kier molecular flexibility index (Phi) is 15.2. The molecule has 1 amide bonds. The summed E-state index contributed by atoms with van der Waals surface area (Å²) in [6, 6.07) is 8.57. The summed E-state index contributed by atoms with van der Waals surface area (Å²) in [6.45, 7) is 14.7. The maximum Gasteiger partial charge on any atom is 0.311 e. The predicted octanol–water partition coefficient (Wildman–Crippen LogP) is 3.94. The van der Waals surface area contributed by atoms with E-state index in [4.69, 9.17) is 33.3 Å². The Bertz CT molecular complexity index is 1630. The molecule has 4 aliphatic rings. The van der Waals surface area contributed by atoms with Crippen LogP contribution in [0.4, 0.5) is 0 Å². The summed E-state index contributed by atoms with van der Waals surface area (Å²) < 4.78 is 38.8. The van der Waals surface area contributed by atoms with Gasteiger partial charge in [0.15, 0.2) is 6.29 Å². The molecule has 0 radical (unpaired) electrons. The van der Waals surface area contributed by atoms with E-state index in [1.54, 1.807) is 45.0 Å². The number of fused-ring (bicyclic) bond motifs is 4. The lowest BCUT2D eigenvalue weighted by Crippen LogP contribution is -2.60. The first-order valence-electron chi connectivity index (χ1n) is 20.8. The number of carbonyl (C=O) groups is 4. The lowest BCUT2D eigenvalue weighted by Gasteiger charge is -2.48. The Hall–Kier alpha value is -3.47. The first kappa shape index (κ1) is 45.6. The van der Waals surface area contributed by atoms with E-state index in [1.807, 2.05) is 59.7 Å². The van der Waals surface area contributed by atoms with Crippen molar-refractivity contribution in [2.45, 2.75) is 135 Å². The van der Waals surface area contributed by atoms with Crippen LogP contribution < -0.4 is 5.32 Å². The highest BCUT2D eigenvalue weighted by Gasteiger charge is 2.57. The average Bonchev–Trinajstić information content (AvgIpc) is 3.52. The Morgan fingerprint density at radius 2 is 1.74 bits per heavy atom. The smallest absolute Gasteiger partial charge is 0.311 e. The Morgan fingerprint density at radius 3 is 2.41 bits per heavy atom. The molecule has 0 spiro atoms. The number of esters is 2. The number of Topliss-reactive ketones (excluding diaryl/α,β-unsaturated/α-hetero) is 1. The second kappa shape index (κ2) is 19.3. The van der Waals surface area contributed by atoms with Crippen molar-refractivity contribution in [2.24, 2.45) is 34.7 Å². The monoisotopic (exact) mass is 815 g/mol. The van der Waals surface area contributed by atoms with E-state index in [2.05, 4.69) is 10.5 Å². The van der Waals surface area contributed by atoms with Crippen LogP contribution in [0.25, 0.3) is 0 Å². The number of nitrogens with one attached hydrogen (secondary N) is 1. The SMILES string of the molecule is CC[C@H]1OC(=O)[C@H](C)[C@H]2OC/C(=N/OCCNC(=O)c3ccccc3)CO[C@](C)(C[C@@H](C)C(=O)[C@H](C)[C@@H]3CC(=O)O[C@]13C)[C@H](O[C@@H]1O[C@H](C)C[C@H](N(C)C)[C@H]1O)[C@H]2C. The van der Waals surface area contributed by atoms with E-state index in [0.29, 0.717) is 24.1 Å². The molecule has 0 aromatic heterocycles. The number of benzene rings is 1. The molecule has 15 nitrogen and oxygen atoms in total. The van der Waals surface area contributed by atoms with E-state index in [-0.39, 0.29) is 63.0 Å². The number of ketones is 1. The van der Waals surface area contributed by atoms with Crippen LogP contribution in [0.15, 0.2) is 35.5 Å². The van der Waals surface area contributed by atoms with Gasteiger partial charge in [-0.3, -0.25) is 19.2 Å². The fourth-order valence-corrected chi connectivity index (χ4v) is 9.44. The molecule has 0 aliphatic carbocycles. The maximum absolute atomic E-state index is 14.5. The highest BCUT2D eigenvalue weighted by Crippen LogP contribution is 2.46. The van der Waals surface area contributed by atoms with Crippen LogP contribution in [0.1, 0.15) is 91.4 Å². The number of nitrogens with zero attached hydrogens (tertiary/aromatic N) is 2. The fourth-order valence-electron chi connectivity index (χ4n) is 9.44. The number of aliphatic hydroxyl groups excluding tert-OH is 1. The number of amides is 1. The molecule has 324 valence electrons. The van der Waals surface area contributed by atoms with E-state index >= 15 is 0 Å². The molecule has 4 heterocycles. The third-order valence-electron chi connectivity index (χ3n) is 12.7. The van der Waals surface area contributed by atoms with Gasteiger partial charge in [0.25, 0.3) is 5.91 Å². The molecule has 4 aliphatic heterocycles. The molecule has 14 atom stereocenters. The standard InChI is InChI=1S/C43H65N3O12/c1-11-33-43(8)31(20-34(47)58-43)26(4)35(48)24(2)21-42(7)38(57-41-36(49)32(46(9)10)19-25(3)55-41)27(5)37(28(6)40(51)56-33)52-22-30(23-53-42)45-54-18-17-44-39(50)29-15-13-12-14-16-29/h12-16,24-28,31-33,36-38,41,49H,11,17-23H2,1-10H3,(H,44,50)/b45-30-/t24-,25-,26-,27+,28-,31+,32+,33-,36-,37+,38-,41+,42-,43+/m1/s1. The average molecular weight is 816 g/mol. The molecule has 4 saturated heterocycles. The molecule has 2 bridgehead atoms. The van der Waals surface area contributed by atoms with Gasteiger partial charge >= 0.3 is 11.9 Å². The normalized spacial score (nSPS) is 39.8. The molecule has 0 unspecified atom stereocenters. The summed E-state index contributed by atoms with van der Waals surface area (Å²) >= 11 is 0. The van der Waals surface area contributed by atoms with E-state index < -0.39 is 83.4 Å². The van der Waals surface area contributed by atoms with Gasteiger partial charge in [-0.2, -0.15) is 0 Å². The van der Waals surface area contributed by atoms with E-state index in [1.165, 1.54) is 0 Å². The third-order valence-corrected chi connectivity index (χ3v) is 12.7. The van der Waals surface area contributed by atoms with Gasteiger partial charge in [0, 0.05) is 35.3 Å². The minimum Gasteiger partial charge on any atom is -0.458 e. The number of hydrogen-bond donors (Lipinski definition) is 2. The van der Waals surface area contributed by atoms with Crippen molar-refractivity contribution >= 4 is 29.3 Å². The van der Waals surface area contributed by atoms with Crippen molar-refractivity contribution < 1.29 is 57.5 Å². The quantitative estimate of drug-likeness (QED) is 0.208. The molecular formula is C43H65N3O12. The van der Waals surface area contributed by atoms with Gasteiger partial charge in [-0.25, -0.2) is 0 Å². The van der Waals surface area contributed by atoms with Crippen LogP contribution >= 0.6 is 0 Å². The zero-order valence-corrected chi connectivity index (χ0v) is 35.8. The maximum atomic E-state index is 14.5. The lowest BCUT2D eigenvalue weighted by molar-refractivity contribution is -0.302. The Balaban J connectivity index is 1.52. The third kappa shape index (κ3) is 10.1. The number of hydrogen-bond acceptors (Lipinski definition) is 14. The van der Waals surface area contributed by atoms with Gasteiger partial charge in [0.2, 0.25) is 0 Å². The molecule has 2 N–H and O–H groups in total. The van der Waals surface area contributed by atoms with Crippen LogP contribution in [-0.4, -0.2) is 134 Å². The van der Waals surface area contributed by atoms with Gasteiger partial charge in [-0.05, 0) is 73.2 Å². The minimum absolute atomic E-state index is 0.0138. The number of ether oxygens (including phenoxy) is 6. The number of rotatable bonds is 9. The second-order valence-electron chi connectivity index (χ2n) is 17.4. The lowest BCUT2D eigenvalue weighted by atomic mass is 9.70. The van der Waals surface area contributed by atoms with Crippen LogP contribution in [-0.2, 0) is 47.6 Å². The molecule has 1 aromatic rings. The zero-order valence-electron chi connectivity index (χ0n) is 35.8. The summed E-state index contributed by atoms with van der Waals surface area (Å²) in [5.41, 5.74) is -1.60. The van der Waals surface area contributed by atoms with Gasteiger partial charge in [0.1, 0.15) is 35.9 Å². The van der Waals surface area contributed by atoms with Crippen molar-refractivity contribution in [3.63, 3.8) is 0 Å². The number of oxime groups is 1. The number of aliphatic hydroxyl groups is 1. The summed E-state index contributed by atoms with van der Waals surface area (Å²) in [6.07, 6.45) is -3.83. The van der Waals surface area contributed by atoms with Crippen LogP contribution in [0.2, 0.25) is 0 Å². The van der Waals surface area contributed by atoms with Crippen molar-refractivity contribution in [3.05, 3.63) is 35.9 Å². The van der Waals surface area contributed by atoms with Gasteiger partial charge < -0.3 is 48.6 Å². The molecular weight excluding hydrogens is 750 g/mol. The molecule has 1 aromatic carbocycles. The number of likely N-dealkylation sites (N-methyl/N-ethyl adjacent to an activating group) is 1. The van der Waals surface area contributed by atoms with Crippen LogP contribution in [0.5, 0.6) is 0 Å². The predicted molar refractivity (Wildman–Crippen MR) is 213 cm³/mol. The molecule has 4 fully saturated rings. The molecule has 0 saturated carbocycles. The Labute approximate surface area is 342 Å². The number of cyclic esters (lactones) is 1. The van der Waals surface area contributed by atoms with E-state index in [9.17, 15) is 24.3 Å². The van der Waals surface area contributed by atoms with Crippen molar-refractivity contribution in [1.29, 1.82) is 0 Å². The van der Waals surface area contributed by atoms with Gasteiger partial charge in [0.05, 0.1) is 56.0 Å². The first-order chi connectivity index (χ1) is 27.4. The Morgan fingerprint density at radius 1 is 1.03 bits per heavy atom. The van der Waals surface area contributed by atoms with E-state index in [0.717, 1.165) is 0 Å². The van der Waals surface area contributed by atoms with Crippen molar-refractivity contribution in [1.82, 2.24) is 10.2 Å². The van der Waals surface area contributed by atoms with Crippen LogP contribution in [0.3, 0.4) is 0 Å². The number of carbonyl (C=O) groups excluding carboxylic acids is 4. The second-order valence-corrected chi connectivity index (χ2v) is 17.4. The fraction of sp³-hybridized carbons (Fsp3) is 0.744. The van der Waals surface area contributed by atoms with Gasteiger partial charge in [-0.1, -0.05) is 51.0 Å². The zero-order chi connectivity index (χ0) is 42.5. The van der Waals surface area contributed by atoms with Crippen molar-refractivity contribution in [3.8, 4) is 0 Å². The highest BCUT2D eigenvalue weighted by atomic mass is 16.7. The van der Waals surface area contributed by atoms with Gasteiger partial charge in [-0.15, -0.1) is 0 Å². The van der Waals surface area contributed by atoms with Crippen LogP contribution in [0, 0.1) is 29.6 Å². The summed E-state index contributed by atoms with van der Waals surface area (Å²) in [4.78, 5) is 61.9. The summed E-state index contributed by atoms with van der Waals surface area (Å²) in [5.74, 6) is -4.63. The summed E-state index contributed by atoms with van der Waals surface area (Å²) in [5, 5.41) is 18.8. The largest absolute Gasteiger partial charge is 0.458 e. The highest BCUT2D eigenvalue weighted by molar-refractivity contribution is 5.94. The topological polar surface area (TPSA) is 181 Å². The first-order valence-corrected chi connectivity index (χ1v) is 20.8.